The minimum atomic E-state index is -1.95. The van der Waals surface area contributed by atoms with Gasteiger partial charge in [-0.3, -0.25) is 0 Å². The molecule has 0 spiro atoms. The second-order valence-electron chi connectivity index (χ2n) is 10.1. The molecule has 39 heavy (non-hydrogen) atoms. The van der Waals surface area contributed by atoms with Crippen LogP contribution < -0.4 is 4.74 Å². The molecule has 0 saturated heterocycles. The minimum absolute atomic E-state index is 0.156. The maximum absolute atomic E-state index is 12.6. The molecule has 1 N–H and O–H groups in total. The average Bonchev–Trinajstić information content (AvgIpc) is 2.97. The molecule has 0 saturated carbocycles. The molecule has 3 rings (SSSR count). The highest BCUT2D eigenvalue weighted by Gasteiger charge is 2.46. The number of rotatable bonds is 16. The van der Waals surface area contributed by atoms with Gasteiger partial charge in [0, 0.05) is 18.9 Å². The van der Waals surface area contributed by atoms with E-state index in [4.69, 9.17) is 23.4 Å². The number of benzene rings is 2. The molecule has 0 bridgehead atoms. The lowest BCUT2D eigenvalue weighted by molar-refractivity contribution is -0.165. The molecule has 7 nitrogen and oxygen atoms in total. The zero-order chi connectivity index (χ0) is 28.3. The SMILES string of the molecule is CC[Si](CC)(CC)O[C@H]1C=C[C@H]([C@H](OCc2ccc(OC)cc2)C(=O)O)[C@@H](OCc2ccccc2)[C@H]1COC. The van der Waals surface area contributed by atoms with Gasteiger partial charge in [0.15, 0.2) is 14.4 Å². The lowest BCUT2D eigenvalue weighted by atomic mass is 9.79. The van der Waals surface area contributed by atoms with E-state index in [0.29, 0.717) is 13.2 Å². The molecule has 0 fully saturated rings. The van der Waals surface area contributed by atoms with Crippen LogP contribution in [0.3, 0.4) is 0 Å². The lowest BCUT2D eigenvalue weighted by Gasteiger charge is -2.44. The van der Waals surface area contributed by atoms with Gasteiger partial charge >= 0.3 is 5.97 Å². The maximum Gasteiger partial charge on any atom is 0.333 e. The summed E-state index contributed by atoms with van der Waals surface area (Å²) < 4.78 is 30.4. The zero-order valence-corrected chi connectivity index (χ0v) is 24.9. The fraction of sp³-hybridized carbons (Fsp3) is 0.516. The summed E-state index contributed by atoms with van der Waals surface area (Å²) in [6, 6.07) is 20.4. The predicted octanol–water partition coefficient (Wildman–Crippen LogP) is 6.09. The normalized spacial score (nSPS) is 22.0. The van der Waals surface area contributed by atoms with Gasteiger partial charge in [-0.05, 0) is 41.4 Å². The average molecular weight is 557 g/mol. The fourth-order valence-electron chi connectivity index (χ4n) is 5.29. The van der Waals surface area contributed by atoms with E-state index in [9.17, 15) is 9.90 Å². The summed E-state index contributed by atoms with van der Waals surface area (Å²) in [5.41, 5.74) is 1.88. The molecule has 0 radical (unpaired) electrons. The minimum Gasteiger partial charge on any atom is -0.497 e. The molecular weight excluding hydrogens is 512 g/mol. The van der Waals surface area contributed by atoms with Gasteiger partial charge in [-0.25, -0.2) is 4.79 Å². The van der Waals surface area contributed by atoms with Gasteiger partial charge in [-0.1, -0.05) is 75.4 Å². The Labute approximate surface area is 234 Å². The number of carboxylic acids is 1. The largest absolute Gasteiger partial charge is 0.497 e. The molecule has 8 heteroatoms. The van der Waals surface area contributed by atoms with Crippen LogP contribution in [-0.2, 0) is 36.6 Å². The van der Waals surface area contributed by atoms with Crippen molar-refractivity contribution >= 4 is 14.3 Å². The molecule has 1 aliphatic rings. The molecule has 2 aromatic rings. The number of carboxylic acid groups (broad SMARTS) is 1. The van der Waals surface area contributed by atoms with E-state index in [1.165, 1.54) is 0 Å². The first-order valence-electron chi connectivity index (χ1n) is 13.9. The van der Waals surface area contributed by atoms with Crippen molar-refractivity contribution in [1.82, 2.24) is 0 Å². The van der Waals surface area contributed by atoms with Gasteiger partial charge < -0.3 is 28.5 Å². The van der Waals surface area contributed by atoms with Gasteiger partial charge in [-0.15, -0.1) is 0 Å². The van der Waals surface area contributed by atoms with E-state index in [0.717, 1.165) is 35.0 Å². The molecule has 0 aliphatic heterocycles. The van der Waals surface area contributed by atoms with Crippen LogP contribution in [0.4, 0.5) is 0 Å². The van der Waals surface area contributed by atoms with Crippen molar-refractivity contribution in [2.24, 2.45) is 11.8 Å². The summed E-state index contributed by atoms with van der Waals surface area (Å²) in [5.74, 6) is -0.999. The topological polar surface area (TPSA) is 83.5 Å². The van der Waals surface area contributed by atoms with Gasteiger partial charge in [0.2, 0.25) is 0 Å². The van der Waals surface area contributed by atoms with Crippen LogP contribution in [0, 0.1) is 11.8 Å². The highest BCUT2D eigenvalue weighted by molar-refractivity contribution is 6.73. The number of hydrogen-bond donors (Lipinski definition) is 1. The van der Waals surface area contributed by atoms with Crippen LogP contribution in [0.25, 0.3) is 0 Å². The third kappa shape index (κ3) is 8.25. The second-order valence-corrected chi connectivity index (χ2v) is 14.8. The van der Waals surface area contributed by atoms with Gasteiger partial charge in [0.1, 0.15) is 5.75 Å². The summed E-state index contributed by atoms with van der Waals surface area (Å²) in [7, 11) is 1.32. The smallest absolute Gasteiger partial charge is 0.333 e. The number of aliphatic carboxylic acids is 1. The maximum atomic E-state index is 12.6. The third-order valence-corrected chi connectivity index (χ3v) is 12.5. The molecule has 5 atom stereocenters. The van der Waals surface area contributed by atoms with Crippen molar-refractivity contribution in [2.75, 3.05) is 20.8 Å². The molecule has 0 amide bonds. The number of ether oxygens (including phenoxy) is 4. The first-order valence-corrected chi connectivity index (χ1v) is 16.4. The van der Waals surface area contributed by atoms with Crippen molar-refractivity contribution in [3.63, 3.8) is 0 Å². The Kier molecular flexibility index (Phi) is 12.2. The Morgan fingerprint density at radius 2 is 1.54 bits per heavy atom. The molecule has 0 heterocycles. The van der Waals surface area contributed by atoms with Crippen molar-refractivity contribution in [2.45, 2.75) is 70.4 Å². The number of carbonyl (C=O) groups is 1. The molecule has 2 aromatic carbocycles. The van der Waals surface area contributed by atoms with Crippen LogP contribution in [0.1, 0.15) is 31.9 Å². The molecule has 0 unspecified atom stereocenters. The van der Waals surface area contributed by atoms with Crippen LogP contribution >= 0.6 is 0 Å². The van der Waals surface area contributed by atoms with Crippen LogP contribution in [0.15, 0.2) is 66.7 Å². The van der Waals surface area contributed by atoms with E-state index >= 15 is 0 Å². The van der Waals surface area contributed by atoms with E-state index in [1.54, 1.807) is 14.2 Å². The quantitative estimate of drug-likeness (QED) is 0.198. The van der Waals surface area contributed by atoms with E-state index in [-0.39, 0.29) is 18.6 Å². The predicted molar refractivity (Wildman–Crippen MR) is 154 cm³/mol. The summed E-state index contributed by atoms with van der Waals surface area (Å²) >= 11 is 0. The Bertz CT molecular complexity index is 1010. The van der Waals surface area contributed by atoms with E-state index in [2.05, 4.69) is 20.8 Å². The highest BCUT2D eigenvalue weighted by Crippen LogP contribution is 2.37. The molecule has 214 valence electrons. The Balaban J connectivity index is 1.91. The van der Waals surface area contributed by atoms with E-state index < -0.39 is 32.4 Å². The first-order chi connectivity index (χ1) is 18.9. The molecule has 1 aliphatic carbocycles. The standard InChI is InChI=1S/C31H44O7Si/c1-6-39(7-2,8-3)38-28-19-18-26(29(27(28)22-34-4)36-20-23-12-10-9-11-13-23)30(31(32)33)37-21-24-14-16-25(35-5)17-15-24/h9-19,26-30H,6-8,20-22H2,1-5H3,(H,32,33)/t26-,27-,28-,29+,30-/m0/s1. The summed E-state index contributed by atoms with van der Waals surface area (Å²) in [6.45, 7) is 7.51. The fourth-order valence-corrected chi connectivity index (χ4v) is 8.12. The zero-order valence-electron chi connectivity index (χ0n) is 23.9. The summed E-state index contributed by atoms with van der Waals surface area (Å²) in [5, 5.41) is 10.3. The van der Waals surface area contributed by atoms with Crippen molar-refractivity contribution in [3.05, 3.63) is 77.9 Å². The van der Waals surface area contributed by atoms with Gasteiger partial charge in [0.25, 0.3) is 0 Å². The van der Waals surface area contributed by atoms with Crippen LogP contribution in [-0.4, -0.2) is 58.5 Å². The number of methoxy groups -OCH3 is 2. The van der Waals surface area contributed by atoms with Crippen LogP contribution in [0.2, 0.25) is 18.1 Å². The molecular formula is C31H44O7Si. The van der Waals surface area contributed by atoms with Gasteiger partial charge in [0.05, 0.1) is 39.1 Å². The van der Waals surface area contributed by atoms with Crippen LogP contribution in [0.5, 0.6) is 5.75 Å². The first kappa shape index (κ1) is 31.0. The summed E-state index contributed by atoms with van der Waals surface area (Å²) in [6.07, 6.45) is 2.15. The monoisotopic (exact) mass is 556 g/mol. The lowest BCUT2D eigenvalue weighted by Crippen LogP contribution is -2.53. The Hall–Kier alpha value is -2.49. The molecule has 0 aromatic heterocycles. The van der Waals surface area contributed by atoms with Crippen molar-refractivity contribution in [1.29, 1.82) is 0 Å². The van der Waals surface area contributed by atoms with E-state index in [1.807, 2.05) is 66.7 Å². The second kappa shape index (κ2) is 15.3. The third-order valence-electron chi connectivity index (χ3n) is 7.89. The Morgan fingerprint density at radius 3 is 2.10 bits per heavy atom. The highest BCUT2D eigenvalue weighted by atomic mass is 28.4. The van der Waals surface area contributed by atoms with Gasteiger partial charge in [-0.2, -0.15) is 0 Å². The Morgan fingerprint density at radius 1 is 0.897 bits per heavy atom. The van der Waals surface area contributed by atoms with Crippen molar-refractivity contribution < 1.29 is 33.3 Å². The van der Waals surface area contributed by atoms with Crippen molar-refractivity contribution in [3.8, 4) is 5.75 Å². The number of hydrogen-bond acceptors (Lipinski definition) is 6. The summed E-state index contributed by atoms with van der Waals surface area (Å²) in [4.78, 5) is 12.6.